The van der Waals surface area contributed by atoms with Crippen LogP contribution in [0.2, 0.25) is 0 Å². The number of aromatic nitrogens is 2. The van der Waals surface area contributed by atoms with Gasteiger partial charge in [0, 0.05) is 29.4 Å². The SMILES string of the molecule is CC(Nc1cc(C(F)F)c(-c2sc(C(=O)[O-])nc2C(=O)N2C3CCC2CC3)cn1)C(F)(F)F.[K+]. The Morgan fingerprint density at radius 1 is 1.21 bits per heavy atom. The first-order valence-corrected chi connectivity index (χ1v) is 11.0. The second-order valence-electron chi connectivity index (χ2n) is 8.02. The summed E-state index contributed by atoms with van der Waals surface area (Å²) in [6, 6.07) is -1.33. The molecule has 2 aliphatic heterocycles. The Kier molecular flexibility index (Phi) is 8.40. The van der Waals surface area contributed by atoms with Gasteiger partial charge in [0.05, 0.1) is 4.88 Å². The van der Waals surface area contributed by atoms with E-state index in [0.717, 1.165) is 44.9 Å². The van der Waals surface area contributed by atoms with Crippen LogP contribution in [-0.4, -0.2) is 51.0 Å². The Morgan fingerprint density at radius 2 is 1.79 bits per heavy atom. The number of carbonyl (C=O) groups excluding carboxylic acids is 2. The van der Waals surface area contributed by atoms with E-state index in [9.17, 15) is 36.6 Å². The predicted octanol–water partition coefficient (Wildman–Crippen LogP) is 0.640. The number of hydrogen-bond acceptors (Lipinski definition) is 7. The van der Waals surface area contributed by atoms with E-state index < -0.39 is 46.9 Å². The third-order valence-electron chi connectivity index (χ3n) is 5.96. The molecule has 0 spiro atoms. The molecule has 2 aromatic rings. The van der Waals surface area contributed by atoms with Crippen LogP contribution in [0.1, 0.15) is 64.9 Å². The number of amides is 1. The number of alkyl halides is 5. The van der Waals surface area contributed by atoms with Gasteiger partial charge >= 0.3 is 57.6 Å². The summed E-state index contributed by atoms with van der Waals surface area (Å²) in [5.74, 6) is -2.67. The zero-order chi connectivity index (χ0) is 24.1. The molecule has 34 heavy (non-hydrogen) atoms. The monoisotopic (exact) mass is 528 g/mol. The minimum atomic E-state index is -4.62. The summed E-state index contributed by atoms with van der Waals surface area (Å²) in [6.07, 6.45) is -3.68. The number of hydrogen-bond donors (Lipinski definition) is 1. The molecule has 1 unspecified atom stereocenters. The van der Waals surface area contributed by atoms with Gasteiger partial charge in [-0.25, -0.2) is 18.7 Å². The fourth-order valence-corrected chi connectivity index (χ4v) is 5.25. The van der Waals surface area contributed by atoms with Crippen LogP contribution in [-0.2, 0) is 0 Å². The van der Waals surface area contributed by atoms with Crippen molar-refractivity contribution in [3.63, 3.8) is 0 Å². The molecule has 2 aromatic heterocycles. The summed E-state index contributed by atoms with van der Waals surface area (Å²) in [4.78, 5) is 33.8. The normalized spacial score (nSPS) is 20.4. The maximum Gasteiger partial charge on any atom is 1.00 e. The topological polar surface area (TPSA) is 98.2 Å². The summed E-state index contributed by atoms with van der Waals surface area (Å²) in [5.41, 5.74) is -1.27. The standard InChI is InChI=1S/C20H19F5N4O3S.K/c1-8(20(23,24)25)27-13-6-11(16(21)22)12(7-26-13)15-14(28-17(33-15)19(31)32)18(30)29-9-2-3-10(29)5-4-9;/h6-10,16H,2-5H2,1H3,(H,26,27)(H,31,32);/q;+1/p-1. The van der Waals surface area contributed by atoms with Gasteiger partial charge in [-0.05, 0) is 38.7 Å². The second kappa shape index (κ2) is 10.4. The average molecular weight is 529 g/mol. The van der Waals surface area contributed by atoms with Gasteiger partial charge in [0.2, 0.25) is 0 Å². The van der Waals surface area contributed by atoms with Crippen molar-refractivity contribution in [1.82, 2.24) is 14.9 Å². The number of thiazole rings is 1. The molecule has 1 N–H and O–H groups in total. The molecular weight excluding hydrogens is 510 g/mol. The fraction of sp³-hybridized carbons (Fsp3) is 0.500. The first kappa shape index (κ1) is 27.4. The quantitative estimate of drug-likeness (QED) is 0.437. The van der Waals surface area contributed by atoms with E-state index >= 15 is 0 Å². The van der Waals surface area contributed by atoms with Crippen LogP contribution >= 0.6 is 11.3 Å². The van der Waals surface area contributed by atoms with Crippen LogP contribution in [0.3, 0.4) is 0 Å². The largest absolute Gasteiger partial charge is 1.00 e. The van der Waals surface area contributed by atoms with Crippen molar-refractivity contribution >= 4 is 29.0 Å². The van der Waals surface area contributed by atoms with Crippen molar-refractivity contribution in [3.05, 3.63) is 28.5 Å². The molecule has 2 bridgehead atoms. The van der Waals surface area contributed by atoms with Crippen molar-refractivity contribution in [2.75, 3.05) is 5.32 Å². The molecule has 14 heteroatoms. The molecule has 4 heterocycles. The molecule has 7 nitrogen and oxygen atoms in total. The first-order valence-electron chi connectivity index (χ1n) is 10.1. The Labute approximate surface area is 237 Å². The van der Waals surface area contributed by atoms with E-state index in [1.54, 1.807) is 4.90 Å². The number of nitrogens with one attached hydrogen (secondary N) is 1. The summed E-state index contributed by atoms with van der Waals surface area (Å²) in [5, 5.41) is 12.9. The number of anilines is 1. The van der Waals surface area contributed by atoms with Crippen LogP contribution in [0.4, 0.5) is 27.8 Å². The maximum atomic E-state index is 13.9. The Bertz CT molecular complexity index is 1080. The molecule has 0 saturated carbocycles. The molecule has 0 radical (unpaired) electrons. The summed E-state index contributed by atoms with van der Waals surface area (Å²) in [7, 11) is 0. The van der Waals surface area contributed by atoms with Gasteiger partial charge in [-0.15, -0.1) is 11.3 Å². The number of pyridine rings is 1. The van der Waals surface area contributed by atoms with Gasteiger partial charge < -0.3 is 20.1 Å². The van der Waals surface area contributed by atoms with Crippen LogP contribution in [0.5, 0.6) is 0 Å². The van der Waals surface area contributed by atoms with Crippen LogP contribution in [0.25, 0.3) is 10.4 Å². The van der Waals surface area contributed by atoms with Crippen LogP contribution < -0.4 is 61.8 Å². The Morgan fingerprint density at radius 3 is 2.29 bits per heavy atom. The molecular formula is C20H18F5KN4O3S. The Hall–Kier alpha value is -1.19. The van der Waals surface area contributed by atoms with E-state index in [0.29, 0.717) is 11.3 Å². The zero-order valence-corrected chi connectivity index (χ0v) is 22.1. The number of carbonyl (C=O) groups is 2. The van der Waals surface area contributed by atoms with Gasteiger partial charge in [0.15, 0.2) is 0 Å². The van der Waals surface area contributed by atoms with Gasteiger partial charge in [0.1, 0.15) is 28.5 Å². The van der Waals surface area contributed by atoms with Gasteiger partial charge in [-0.1, -0.05) is 0 Å². The summed E-state index contributed by atoms with van der Waals surface area (Å²) >= 11 is 0.492. The van der Waals surface area contributed by atoms with Crippen LogP contribution in [0, 0.1) is 0 Å². The number of nitrogens with zero attached hydrogens (tertiary/aromatic N) is 3. The summed E-state index contributed by atoms with van der Waals surface area (Å²) < 4.78 is 66.2. The number of aromatic carboxylic acids is 1. The molecule has 2 saturated heterocycles. The average Bonchev–Trinajstić information content (AvgIpc) is 3.46. The number of fused-ring (bicyclic) bond motifs is 2. The Balaban J connectivity index is 0.00000324. The number of halogens is 5. The smallest absolute Gasteiger partial charge is 0.542 e. The van der Waals surface area contributed by atoms with E-state index in [1.807, 2.05) is 5.32 Å². The summed E-state index contributed by atoms with van der Waals surface area (Å²) in [6.45, 7) is 0.814. The molecule has 178 valence electrons. The fourth-order valence-electron chi connectivity index (χ4n) is 4.33. The number of carboxylic acids is 1. The van der Waals surface area contributed by atoms with E-state index in [-0.39, 0.29) is 79.6 Å². The van der Waals surface area contributed by atoms with Crippen LogP contribution in [0.15, 0.2) is 12.3 Å². The minimum Gasteiger partial charge on any atom is -0.542 e. The van der Waals surface area contributed by atoms with Gasteiger partial charge in [-0.2, -0.15) is 13.2 Å². The van der Waals surface area contributed by atoms with Gasteiger partial charge in [-0.3, -0.25) is 4.79 Å². The van der Waals surface area contributed by atoms with Crippen molar-refractivity contribution in [3.8, 4) is 10.4 Å². The van der Waals surface area contributed by atoms with Crippen molar-refractivity contribution in [2.45, 2.75) is 63.3 Å². The molecule has 0 aliphatic carbocycles. The van der Waals surface area contributed by atoms with E-state index in [1.165, 1.54) is 0 Å². The molecule has 1 amide bonds. The van der Waals surface area contributed by atoms with Crippen molar-refractivity contribution in [2.24, 2.45) is 0 Å². The van der Waals surface area contributed by atoms with E-state index in [2.05, 4.69) is 9.97 Å². The first-order chi connectivity index (χ1) is 15.5. The predicted molar refractivity (Wildman–Crippen MR) is 106 cm³/mol. The maximum absolute atomic E-state index is 13.9. The number of rotatable bonds is 6. The molecule has 2 aliphatic rings. The number of carboxylic acid groups (broad SMARTS) is 1. The molecule has 4 rings (SSSR count). The molecule has 2 fully saturated rings. The molecule has 1 atom stereocenters. The second-order valence-corrected chi connectivity index (χ2v) is 9.02. The van der Waals surface area contributed by atoms with Crippen molar-refractivity contribution in [1.29, 1.82) is 0 Å². The zero-order valence-electron chi connectivity index (χ0n) is 18.2. The third-order valence-corrected chi connectivity index (χ3v) is 7.03. The van der Waals surface area contributed by atoms with Gasteiger partial charge in [0.25, 0.3) is 12.3 Å². The van der Waals surface area contributed by atoms with Crippen molar-refractivity contribution < 1.29 is 88.0 Å². The molecule has 0 aromatic carbocycles. The third kappa shape index (κ3) is 5.31. The van der Waals surface area contributed by atoms with E-state index in [4.69, 9.17) is 0 Å². The minimum absolute atomic E-state index is 0.